The van der Waals surface area contributed by atoms with Gasteiger partial charge >= 0.3 is 6.18 Å². The summed E-state index contributed by atoms with van der Waals surface area (Å²) in [7, 11) is 0. The number of nitrogens with one attached hydrogen (secondary N) is 1. The van der Waals surface area contributed by atoms with Gasteiger partial charge in [-0.15, -0.1) is 10.2 Å². The zero-order chi connectivity index (χ0) is 21.4. The standard InChI is InChI=1S/C16H13F3N4O3S.C2H6/c17-16(18,19)13(24)15-22-21-12(27-15)6-7-20-14(25)10-8-11(26-23-10)9-4-2-1-3-5-9;1-2/h1-5,8,13,24H,6-7H2,(H,20,25);1-2H3. The van der Waals surface area contributed by atoms with E-state index in [1.54, 1.807) is 0 Å². The summed E-state index contributed by atoms with van der Waals surface area (Å²) in [5.74, 6) is -0.0448. The van der Waals surface area contributed by atoms with Crippen LogP contribution in [0.3, 0.4) is 0 Å². The topological polar surface area (TPSA) is 101 Å². The highest BCUT2D eigenvalue weighted by atomic mass is 32.1. The van der Waals surface area contributed by atoms with Gasteiger partial charge in [-0.25, -0.2) is 0 Å². The van der Waals surface area contributed by atoms with Crippen molar-refractivity contribution in [2.24, 2.45) is 0 Å². The van der Waals surface area contributed by atoms with Crippen molar-refractivity contribution in [1.82, 2.24) is 20.7 Å². The van der Waals surface area contributed by atoms with Crippen molar-refractivity contribution in [3.05, 3.63) is 52.1 Å². The summed E-state index contributed by atoms with van der Waals surface area (Å²) in [6.45, 7) is 4.11. The maximum Gasteiger partial charge on any atom is 0.421 e. The number of halogens is 3. The molecule has 0 aliphatic carbocycles. The molecule has 0 aliphatic heterocycles. The Hall–Kier alpha value is -2.79. The van der Waals surface area contributed by atoms with Gasteiger partial charge < -0.3 is 14.9 Å². The van der Waals surface area contributed by atoms with Crippen LogP contribution in [0.25, 0.3) is 11.3 Å². The van der Waals surface area contributed by atoms with Gasteiger partial charge in [0.2, 0.25) is 6.10 Å². The minimum atomic E-state index is -4.80. The molecule has 0 saturated carbocycles. The molecule has 7 nitrogen and oxygen atoms in total. The zero-order valence-electron chi connectivity index (χ0n) is 15.6. The van der Waals surface area contributed by atoms with E-state index in [4.69, 9.17) is 9.63 Å². The third kappa shape index (κ3) is 6.09. The molecule has 1 atom stereocenters. The van der Waals surface area contributed by atoms with Crippen LogP contribution in [0.1, 0.15) is 40.5 Å². The number of aliphatic hydroxyl groups excluding tert-OH is 1. The molecule has 0 saturated heterocycles. The van der Waals surface area contributed by atoms with Crippen LogP contribution in [0.15, 0.2) is 40.9 Å². The van der Waals surface area contributed by atoms with Crippen LogP contribution < -0.4 is 5.32 Å². The Morgan fingerprint density at radius 1 is 1.24 bits per heavy atom. The van der Waals surface area contributed by atoms with Crippen LogP contribution in [-0.4, -0.2) is 39.1 Å². The average molecular weight is 428 g/mol. The number of hydrogen-bond donors (Lipinski definition) is 2. The summed E-state index contributed by atoms with van der Waals surface area (Å²) < 4.78 is 42.4. The highest BCUT2D eigenvalue weighted by Gasteiger charge is 2.41. The summed E-state index contributed by atoms with van der Waals surface area (Å²) in [6, 6.07) is 10.6. The molecule has 1 unspecified atom stereocenters. The molecule has 2 N–H and O–H groups in total. The zero-order valence-corrected chi connectivity index (χ0v) is 16.4. The number of alkyl halides is 3. The number of hydrogen-bond acceptors (Lipinski definition) is 7. The lowest BCUT2D eigenvalue weighted by Gasteiger charge is -2.10. The fraction of sp³-hybridized carbons (Fsp3) is 0.333. The molecule has 3 rings (SSSR count). The molecular formula is C18H19F3N4O3S. The normalized spacial score (nSPS) is 12.1. The Morgan fingerprint density at radius 3 is 2.59 bits per heavy atom. The minimum Gasteiger partial charge on any atom is -0.377 e. The molecule has 0 fully saturated rings. The molecule has 2 aromatic heterocycles. The van der Waals surface area contributed by atoms with Crippen molar-refractivity contribution >= 4 is 17.2 Å². The third-order valence-electron chi connectivity index (χ3n) is 3.45. The fourth-order valence-electron chi connectivity index (χ4n) is 2.11. The van der Waals surface area contributed by atoms with Crippen molar-refractivity contribution in [3.63, 3.8) is 0 Å². The largest absolute Gasteiger partial charge is 0.421 e. The maximum atomic E-state index is 12.4. The van der Waals surface area contributed by atoms with Gasteiger partial charge in [-0.3, -0.25) is 4.79 Å². The van der Waals surface area contributed by atoms with Crippen LogP contribution in [-0.2, 0) is 6.42 Å². The van der Waals surface area contributed by atoms with E-state index >= 15 is 0 Å². The molecule has 0 bridgehead atoms. The van der Waals surface area contributed by atoms with Crippen molar-refractivity contribution in [2.75, 3.05) is 6.54 Å². The monoisotopic (exact) mass is 428 g/mol. The fourth-order valence-corrected chi connectivity index (χ4v) is 2.97. The van der Waals surface area contributed by atoms with Gasteiger partial charge in [0.25, 0.3) is 5.91 Å². The van der Waals surface area contributed by atoms with Crippen LogP contribution in [0.5, 0.6) is 0 Å². The second-order valence-electron chi connectivity index (χ2n) is 5.43. The van der Waals surface area contributed by atoms with Crippen molar-refractivity contribution in [1.29, 1.82) is 0 Å². The molecule has 0 spiro atoms. The number of aromatic nitrogens is 3. The predicted octanol–water partition coefficient (Wildman–Crippen LogP) is 3.79. The highest BCUT2D eigenvalue weighted by Crippen LogP contribution is 2.33. The van der Waals surface area contributed by atoms with Gasteiger partial charge in [-0.05, 0) is 0 Å². The Kier molecular flexibility index (Phi) is 7.85. The lowest BCUT2D eigenvalue weighted by atomic mass is 10.1. The van der Waals surface area contributed by atoms with E-state index in [2.05, 4.69) is 20.7 Å². The molecule has 156 valence electrons. The highest BCUT2D eigenvalue weighted by molar-refractivity contribution is 7.11. The van der Waals surface area contributed by atoms with E-state index in [9.17, 15) is 18.0 Å². The van der Waals surface area contributed by atoms with Gasteiger partial charge in [-0.2, -0.15) is 13.2 Å². The van der Waals surface area contributed by atoms with E-state index in [-0.39, 0.29) is 23.7 Å². The molecule has 29 heavy (non-hydrogen) atoms. The van der Waals surface area contributed by atoms with Gasteiger partial charge in [0, 0.05) is 24.6 Å². The average Bonchev–Trinajstić information content (AvgIpc) is 3.39. The smallest absolute Gasteiger partial charge is 0.377 e. The first-order valence-electron chi connectivity index (χ1n) is 8.72. The van der Waals surface area contributed by atoms with Crippen molar-refractivity contribution in [2.45, 2.75) is 32.5 Å². The Labute approximate surface area is 168 Å². The predicted molar refractivity (Wildman–Crippen MR) is 100 cm³/mol. The van der Waals surface area contributed by atoms with Gasteiger partial charge in [0.15, 0.2) is 16.5 Å². The molecule has 0 aliphatic rings. The van der Waals surface area contributed by atoms with Gasteiger partial charge in [0.05, 0.1) is 0 Å². The van der Waals surface area contributed by atoms with Gasteiger partial charge in [-0.1, -0.05) is 60.7 Å². The van der Waals surface area contributed by atoms with Crippen LogP contribution >= 0.6 is 11.3 Å². The van der Waals surface area contributed by atoms with Crippen LogP contribution in [0.2, 0.25) is 0 Å². The van der Waals surface area contributed by atoms with Crippen molar-refractivity contribution < 1.29 is 27.6 Å². The number of nitrogens with zero attached hydrogens (tertiary/aromatic N) is 3. The van der Waals surface area contributed by atoms with Crippen molar-refractivity contribution in [3.8, 4) is 11.3 Å². The number of benzene rings is 1. The van der Waals surface area contributed by atoms with E-state index in [1.165, 1.54) is 6.07 Å². The molecule has 3 aromatic rings. The number of rotatable bonds is 6. The van der Waals surface area contributed by atoms with E-state index < -0.39 is 23.2 Å². The van der Waals surface area contributed by atoms with E-state index in [0.29, 0.717) is 17.1 Å². The number of carbonyl (C=O) groups excluding carboxylic acids is 1. The second kappa shape index (κ2) is 10.1. The van der Waals surface area contributed by atoms with Gasteiger partial charge in [0.1, 0.15) is 5.01 Å². The minimum absolute atomic E-state index is 0.0827. The molecule has 0 radical (unpaired) electrons. The molecule has 11 heteroatoms. The number of carbonyl (C=O) groups is 1. The third-order valence-corrected chi connectivity index (χ3v) is 4.49. The Bertz CT molecular complexity index is 912. The summed E-state index contributed by atoms with van der Waals surface area (Å²) in [6.07, 6.45) is -7.30. The molecule has 1 amide bonds. The summed E-state index contributed by atoms with van der Waals surface area (Å²) in [5, 5.41) is 22.0. The summed E-state index contributed by atoms with van der Waals surface area (Å²) in [4.78, 5) is 12.1. The van der Waals surface area contributed by atoms with E-state index in [0.717, 1.165) is 5.56 Å². The molecule has 1 aromatic carbocycles. The van der Waals surface area contributed by atoms with E-state index in [1.807, 2.05) is 44.2 Å². The molecule has 2 heterocycles. The Morgan fingerprint density at radius 2 is 1.93 bits per heavy atom. The van der Waals surface area contributed by atoms with Crippen LogP contribution in [0.4, 0.5) is 13.2 Å². The second-order valence-corrected chi connectivity index (χ2v) is 6.52. The first-order chi connectivity index (χ1) is 13.8. The quantitative estimate of drug-likeness (QED) is 0.620. The lowest BCUT2D eigenvalue weighted by molar-refractivity contribution is -0.206. The SMILES string of the molecule is CC.O=C(NCCc1nnc(C(O)C(F)(F)F)s1)c1cc(-c2ccccc2)on1. The number of aliphatic hydroxyl groups is 1. The maximum absolute atomic E-state index is 12.4. The lowest BCUT2D eigenvalue weighted by Crippen LogP contribution is -2.25. The summed E-state index contributed by atoms with van der Waals surface area (Å²) in [5.41, 5.74) is 0.855. The van der Waals surface area contributed by atoms with Crippen LogP contribution in [0, 0.1) is 0 Å². The Balaban J connectivity index is 0.00000145. The summed E-state index contributed by atoms with van der Waals surface area (Å²) >= 11 is 0.639. The molecular weight excluding hydrogens is 409 g/mol. The first-order valence-corrected chi connectivity index (χ1v) is 9.53. The first kappa shape index (κ1) is 22.5. The number of amides is 1.